The number of hydrogen-bond acceptors (Lipinski definition) is 4. The molecule has 3 aromatic rings. The molecule has 10 heteroatoms. The zero-order valence-electron chi connectivity index (χ0n) is 15.9. The number of rotatable bonds is 7. The highest BCUT2D eigenvalue weighted by molar-refractivity contribution is 7.92. The summed E-state index contributed by atoms with van der Waals surface area (Å²) in [5.74, 6) is -1.25. The van der Waals surface area contributed by atoms with Crippen LogP contribution in [0.1, 0.15) is 22.0 Å². The van der Waals surface area contributed by atoms with Gasteiger partial charge in [0.1, 0.15) is 10.9 Å². The van der Waals surface area contributed by atoms with E-state index in [2.05, 4.69) is 10.0 Å². The maximum absolute atomic E-state index is 12.6. The van der Waals surface area contributed by atoms with Crippen LogP contribution in [0, 0.1) is 0 Å². The Kier molecular flexibility index (Phi) is 6.84. The molecule has 0 spiro atoms. The zero-order chi connectivity index (χ0) is 22.6. The van der Waals surface area contributed by atoms with Crippen LogP contribution in [0.15, 0.2) is 77.7 Å². The molecule has 0 aliphatic carbocycles. The van der Waals surface area contributed by atoms with E-state index < -0.39 is 27.9 Å². The average Bonchev–Trinajstić information content (AvgIpc) is 2.74. The zero-order valence-corrected chi connectivity index (χ0v) is 18.2. The lowest BCUT2D eigenvalue weighted by Gasteiger charge is -2.16. The van der Waals surface area contributed by atoms with E-state index in [4.69, 9.17) is 28.9 Å². The third kappa shape index (κ3) is 5.55. The largest absolute Gasteiger partial charge is 0.368 e. The first-order valence-corrected chi connectivity index (χ1v) is 11.1. The molecular formula is C21H17Cl2N3O4S. The van der Waals surface area contributed by atoms with Gasteiger partial charge in [0.05, 0.1) is 5.02 Å². The first-order valence-electron chi connectivity index (χ1n) is 8.90. The van der Waals surface area contributed by atoms with Crippen molar-refractivity contribution in [2.24, 2.45) is 5.73 Å². The summed E-state index contributed by atoms with van der Waals surface area (Å²) in [6.07, 6.45) is 0. The Hall–Kier alpha value is -3.07. The molecule has 0 aliphatic heterocycles. The third-order valence-corrected chi connectivity index (χ3v) is 6.37. The summed E-state index contributed by atoms with van der Waals surface area (Å²) in [7, 11) is -3.99. The number of carbonyl (C=O) groups is 2. The molecule has 0 aliphatic rings. The molecule has 1 unspecified atom stereocenters. The molecule has 4 N–H and O–H groups in total. The summed E-state index contributed by atoms with van der Waals surface area (Å²) in [5.41, 5.74) is 6.39. The number of sulfonamides is 1. The van der Waals surface area contributed by atoms with Gasteiger partial charge in [-0.1, -0.05) is 53.5 Å². The lowest BCUT2D eigenvalue weighted by molar-refractivity contribution is -0.120. The molecule has 0 fully saturated rings. The number of amides is 2. The van der Waals surface area contributed by atoms with Crippen LogP contribution in [0.3, 0.4) is 0 Å². The molecule has 160 valence electrons. The first-order chi connectivity index (χ1) is 14.7. The van der Waals surface area contributed by atoms with Crippen LogP contribution in [0.25, 0.3) is 0 Å². The highest BCUT2D eigenvalue weighted by Crippen LogP contribution is 2.27. The Morgan fingerprint density at radius 2 is 1.55 bits per heavy atom. The monoisotopic (exact) mass is 477 g/mol. The van der Waals surface area contributed by atoms with Gasteiger partial charge in [-0.2, -0.15) is 0 Å². The maximum Gasteiger partial charge on any atom is 0.263 e. The minimum Gasteiger partial charge on any atom is -0.368 e. The smallest absolute Gasteiger partial charge is 0.263 e. The molecule has 31 heavy (non-hydrogen) atoms. The molecule has 0 aromatic heterocycles. The Bertz CT molecular complexity index is 1220. The Balaban J connectivity index is 1.76. The van der Waals surface area contributed by atoms with E-state index in [9.17, 15) is 18.0 Å². The Labute approximate surface area is 189 Å². The van der Waals surface area contributed by atoms with Crippen molar-refractivity contribution < 1.29 is 18.0 Å². The van der Waals surface area contributed by atoms with Gasteiger partial charge in [-0.15, -0.1) is 0 Å². The van der Waals surface area contributed by atoms with Crippen LogP contribution >= 0.6 is 23.2 Å². The van der Waals surface area contributed by atoms with Gasteiger partial charge in [0, 0.05) is 16.3 Å². The predicted molar refractivity (Wildman–Crippen MR) is 120 cm³/mol. The van der Waals surface area contributed by atoms with Crippen molar-refractivity contribution in [3.8, 4) is 0 Å². The predicted octanol–water partition coefficient (Wildman–Crippen LogP) is 3.75. The van der Waals surface area contributed by atoms with Gasteiger partial charge >= 0.3 is 0 Å². The Morgan fingerprint density at radius 1 is 0.903 bits per heavy atom. The fraction of sp³-hybridized carbons (Fsp3) is 0.0476. The second-order valence-corrected chi connectivity index (χ2v) is 8.97. The molecular weight excluding hydrogens is 461 g/mol. The molecule has 3 aromatic carbocycles. The van der Waals surface area contributed by atoms with Crippen molar-refractivity contribution in [3.05, 3.63) is 94.0 Å². The van der Waals surface area contributed by atoms with Gasteiger partial charge in [-0.3, -0.25) is 14.3 Å². The quantitative estimate of drug-likeness (QED) is 0.479. The molecule has 2 amide bonds. The van der Waals surface area contributed by atoms with Crippen LogP contribution < -0.4 is 15.8 Å². The van der Waals surface area contributed by atoms with Gasteiger partial charge in [0.2, 0.25) is 5.91 Å². The molecule has 7 nitrogen and oxygen atoms in total. The van der Waals surface area contributed by atoms with Crippen molar-refractivity contribution in [2.75, 3.05) is 4.72 Å². The number of nitrogens with two attached hydrogens (primary N) is 1. The molecule has 1 atom stereocenters. The topological polar surface area (TPSA) is 118 Å². The van der Waals surface area contributed by atoms with E-state index >= 15 is 0 Å². The average molecular weight is 478 g/mol. The van der Waals surface area contributed by atoms with Crippen molar-refractivity contribution in [1.29, 1.82) is 0 Å². The summed E-state index contributed by atoms with van der Waals surface area (Å²) in [4.78, 5) is 24.1. The van der Waals surface area contributed by atoms with Crippen molar-refractivity contribution in [2.45, 2.75) is 10.9 Å². The van der Waals surface area contributed by atoms with Crippen LogP contribution in [-0.2, 0) is 14.8 Å². The minimum atomic E-state index is -3.99. The van der Waals surface area contributed by atoms with Gasteiger partial charge in [-0.05, 0) is 48.0 Å². The minimum absolute atomic E-state index is 0.0197. The second-order valence-electron chi connectivity index (χ2n) is 6.48. The maximum atomic E-state index is 12.6. The molecule has 3 rings (SSSR count). The SMILES string of the molecule is NC(=O)C(NC(=O)c1ccc(NS(=O)(=O)c2cc(Cl)ccc2Cl)cc1)c1ccccc1. The number of anilines is 1. The fourth-order valence-electron chi connectivity index (χ4n) is 2.76. The molecule has 0 saturated carbocycles. The molecule has 0 saturated heterocycles. The van der Waals surface area contributed by atoms with Crippen LogP contribution in [0.4, 0.5) is 5.69 Å². The number of halogens is 2. The number of benzene rings is 3. The molecule has 0 heterocycles. The third-order valence-electron chi connectivity index (χ3n) is 4.27. The van der Waals surface area contributed by atoms with Gasteiger partial charge in [0.15, 0.2) is 0 Å². The molecule has 0 bridgehead atoms. The number of carbonyl (C=O) groups excluding carboxylic acids is 2. The normalized spacial score (nSPS) is 12.1. The second kappa shape index (κ2) is 9.38. The van der Waals surface area contributed by atoms with E-state index in [0.29, 0.717) is 5.56 Å². The van der Waals surface area contributed by atoms with Crippen molar-refractivity contribution >= 4 is 50.7 Å². The standard InChI is InChI=1S/C21H17Cl2N3O4S/c22-15-8-11-17(23)18(12-15)31(29,30)26-16-9-6-14(7-10-16)21(28)25-19(20(24)27)13-4-2-1-3-5-13/h1-12,19,26H,(H2,24,27)(H,25,28). The van der Waals surface area contributed by atoms with Crippen LogP contribution in [0.2, 0.25) is 10.0 Å². The lowest BCUT2D eigenvalue weighted by atomic mass is 10.1. The lowest BCUT2D eigenvalue weighted by Crippen LogP contribution is -2.37. The van der Waals surface area contributed by atoms with E-state index in [1.54, 1.807) is 30.3 Å². The van der Waals surface area contributed by atoms with E-state index in [1.165, 1.54) is 42.5 Å². The van der Waals surface area contributed by atoms with Crippen molar-refractivity contribution in [1.82, 2.24) is 5.32 Å². The summed E-state index contributed by atoms with van der Waals surface area (Å²) in [6.45, 7) is 0. The fourth-order valence-corrected chi connectivity index (χ4v) is 4.58. The van der Waals surface area contributed by atoms with Gasteiger partial charge in [-0.25, -0.2) is 8.42 Å². The van der Waals surface area contributed by atoms with E-state index in [0.717, 1.165) is 0 Å². The Morgan fingerprint density at radius 3 is 2.16 bits per heavy atom. The van der Waals surface area contributed by atoms with E-state index in [-0.39, 0.29) is 26.2 Å². The summed E-state index contributed by atoms with van der Waals surface area (Å²) in [5, 5.41) is 2.81. The highest BCUT2D eigenvalue weighted by Gasteiger charge is 2.22. The summed E-state index contributed by atoms with van der Waals surface area (Å²) >= 11 is 11.8. The van der Waals surface area contributed by atoms with Gasteiger partial charge in [0.25, 0.3) is 15.9 Å². The number of hydrogen-bond donors (Lipinski definition) is 3. The summed E-state index contributed by atoms with van der Waals surface area (Å²) < 4.78 is 27.5. The van der Waals surface area contributed by atoms with E-state index in [1.807, 2.05) is 0 Å². The highest BCUT2D eigenvalue weighted by atomic mass is 35.5. The number of primary amides is 1. The van der Waals surface area contributed by atoms with Crippen LogP contribution in [-0.4, -0.2) is 20.2 Å². The van der Waals surface area contributed by atoms with Gasteiger partial charge < -0.3 is 11.1 Å². The first kappa shape index (κ1) is 22.6. The number of nitrogens with one attached hydrogen (secondary N) is 2. The van der Waals surface area contributed by atoms with Crippen molar-refractivity contribution in [3.63, 3.8) is 0 Å². The molecule has 0 radical (unpaired) electrons. The summed E-state index contributed by atoms with van der Waals surface area (Å²) in [6, 6.07) is 17.3. The van der Waals surface area contributed by atoms with Crippen LogP contribution in [0.5, 0.6) is 0 Å².